The number of nitrogens with two attached hydrogens (primary N) is 1. The van der Waals surface area contributed by atoms with Crippen molar-refractivity contribution >= 4 is 11.5 Å². The maximum Gasteiger partial charge on any atom is 0.322 e. The molecule has 0 amide bonds. The molecule has 0 saturated heterocycles. The Balaban J connectivity index is 2.02. The van der Waals surface area contributed by atoms with E-state index in [1.807, 2.05) is 12.1 Å². The van der Waals surface area contributed by atoms with E-state index in [2.05, 4.69) is 28.3 Å². The first-order chi connectivity index (χ1) is 9.20. The summed E-state index contributed by atoms with van der Waals surface area (Å²) in [5.41, 5.74) is 9.42. The van der Waals surface area contributed by atoms with Crippen LogP contribution in [0.1, 0.15) is 17.5 Å². The number of benzene rings is 1. The van der Waals surface area contributed by atoms with E-state index in [9.17, 15) is 4.79 Å². The first-order valence-electron chi connectivity index (χ1n) is 6.53. The van der Waals surface area contributed by atoms with Gasteiger partial charge in [0.15, 0.2) is 0 Å². The average molecular weight is 260 g/mol. The fourth-order valence-electron chi connectivity index (χ4n) is 2.23. The highest BCUT2D eigenvalue weighted by Gasteiger charge is 2.14. The van der Waals surface area contributed by atoms with E-state index in [-0.39, 0.29) is 5.97 Å². The summed E-state index contributed by atoms with van der Waals surface area (Å²) < 4.78 is 4.62. The van der Waals surface area contributed by atoms with Gasteiger partial charge < -0.3 is 15.8 Å². The molecule has 0 aromatic heterocycles. The van der Waals surface area contributed by atoms with Gasteiger partial charge in [-0.05, 0) is 36.1 Å². The molecule has 0 radical (unpaired) electrons. The molecule has 19 heavy (non-hydrogen) atoms. The van der Waals surface area contributed by atoms with Crippen LogP contribution < -0.4 is 11.1 Å². The van der Waals surface area contributed by atoms with Gasteiger partial charge in [0.05, 0.1) is 7.11 Å². The van der Waals surface area contributed by atoms with Crippen molar-refractivity contribution in [3.8, 4) is 0 Å². The van der Waals surface area contributed by atoms with Crippen LogP contribution in [0.3, 0.4) is 0 Å². The molecule has 1 aromatic rings. The summed E-state index contributed by atoms with van der Waals surface area (Å²) in [6.07, 6.45) is 3.78. The second-order valence-corrected chi connectivity index (χ2v) is 4.71. The minimum atomic E-state index is -0.589. The summed E-state index contributed by atoms with van der Waals surface area (Å²) in [6.45, 7) is 1.96. The van der Waals surface area contributed by atoms with E-state index in [1.54, 1.807) is 0 Å². The molecular formula is C15H20N2O2. The van der Waals surface area contributed by atoms with Crippen molar-refractivity contribution in [3.63, 3.8) is 0 Å². The Kier molecular flexibility index (Phi) is 4.71. The smallest absolute Gasteiger partial charge is 0.322 e. The molecule has 102 valence electrons. The van der Waals surface area contributed by atoms with Crippen molar-refractivity contribution < 1.29 is 9.53 Å². The average Bonchev–Trinajstić information content (AvgIpc) is 2.48. The number of nitrogens with one attached hydrogen (secondary N) is 1. The Labute approximate surface area is 113 Å². The van der Waals surface area contributed by atoms with Crippen LogP contribution in [0.25, 0.3) is 5.57 Å². The monoisotopic (exact) mass is 260 g/mol. The minimum Gasteiger partial charge on any atom is -0.468 e. The molecule has 1 heterocycles. The van der Waals surface area contributed by atoms with Gasteiger partial charge in [0.1, 0.15) is 6.04 Å². The highest BCUT2D eigenvalue weighted by molar-refractivity contribution is 5.75. The molecule has 4 heteroatoms. The highest BCUT2D eigenvalue weighted by Crippen LogP contribution is 2.20. The predicted octanol–water partition coefficient (Wildman–Crippen LogP) is 1.11. The largest absolute Gasteiger partial charge is 0.468 e. The maximum absolute atomic E-state index is 11.3. The van der Waals surface area contributed by atoms with Crippen molar-refractivity contribution in [2.45, 2.75) is 18.9 Å². The number of hydrogen-bond donors (Lipinski definition) is 2. The summed E-state index contributed by atoms with van der Waals surface area (Å²) in [5.74, 6) is -0.370. The van der Waals surface area contributed by atoms with Gasteiger partial charge in [-0.15, -0.1) is 0 Å². The number of esters is 1. The van der Waals surface area contributed by atoms with Crippen LogP contribution in [0.15, 0.2) is 30.3 Å². The lowest BCUT2D eigenvalue weighted by Crippen LogP contribution is -2.33. The summed E-state index contributed by atoms with van der Waals surface area (Å²) in [5, 5.41) is 3.30. The van der Waals surface area contributed by atoms with Gasteiger partial charge in [0.2, 0.25) is 0 Å². The molecule has 1 aliphatic heterocycles. The molecule has 0 spiro atoms. The van der Waals surface area contributed by atoms with Crippen LogP contribution in [-0.2, 0) is 16.0 Å². The molecule has 2 rings (SSSR count). The quantitative estimate of drug-likeness (QED) is 0.796. The second-order valence-electron chi connectivity index (χ2n) is 4.71. The van der Waals surface area contributed by atoms with Gasteiger partial charge in [-0.1, -0.05) is 30.3 Å². The second kappa shape index (κ2) is 6.50. The lowest BCUT2D eigenvalue weighted by atomic mass is 9.97. The van der Waals surface area contributed by atoms with Gasteiger partial charge in [-0.25, -0.2) is 0 Å². The molecule has 1 aliphatic rings. The fourth-order valence-corrected chi connectivity index (χ4v) is 2.23. The van der Waals surface area contributed by atoms with E-state index >= 15 is 0 Å². The number of hydrogen-bond acceptors (Lipinski definition) is 4. The molecule has 1 atom stereocenters. The van der Waals surface area contributed by atoms with E-state index in [0.717, 1.165) is 25.1 Å². The van der Waals surface area contributed by atoms with Crippen LogP contribution in [0, 0.1) is 0 Å². The first kappa shape index (κ1) is 13.8. The summed E-state index contributed by atoms with van der Waals surface area (Å²) in [6, 6.07) is 7.66. The van der Waals surface area contributed by atoms with Crippen LogP contribution in [0.4, 0.5) is 0 Å². The molecule has 0 bridgehead atoms. The molecule has 3 N–H and O–H groups in total. The van der Waals surface area contributed by atoms with Crippen molar-refractivity contribution in [3.05, 3.63) is 41.5 Å². The third-order valence-electron chi connectivity index (χ3n) is 3.35. The van der Waals surface area contributed by atoms with E-state index < -0.39 is 6.04 Å². The molecule has 0 saturated carbocycles. The molecule has 4 nitrogen and oxygen atoms in total. The summed E-state index contributed by atoms with van der Waals surface area (Å²) in [7, 11) is 1.36. The number of carbonyl (C=O) groups excluding carboxylic acids is 1. The standard InChI is InChI=1S/C15H20N2O2/c1-19-15(18)14(16)10-11-2-4-12(5-3-11)13-6-8-17-9-7-13/h2-6,14,17H,7-10,16H2,1H3/t14-/m0/s1. The van der Waals surface area contributed by atoms with Crippen LogP contribution >= 0.6 is 0 Å². The summed E-state index contributed by atoms with van der Waals surface area (Å²) >= 11 is 0. The summed E-state index contributed by atoms with van der Waals surface area (Å²) in [4.78, 5) is 11.3. The van der Waals surface area contributed by atoms with Crippen LogP contribution in [-0.4, -0.2) is 32.2 Å². The number of rotatable bonds is 4. The topological polar surface area (TPSA) is 64.3 Å². The van der Waals surface area contributed by atoms with E-state index in [4.69, 9.17) is 5.73 Å². The van der Waals surface area contributed by atoms with Crippen molar-refractivity contribution in [1.29, 1.82) is 0 Å². The van der Waals surface area contributed by atoms with Gasteiger partial charge >= 0.3 is 5.97 Å². The van der Waals surface area contributed by atoms with Crippen molar-refractivity contribution in [1.82, 2.24) is 5.32 Å². The zero-order valence-electron chi connectivity index (χ0n) is 11.2. The normalized spacial score (nSPS) is 16.6. The predicted molar refractivity (Wildman–Crippen MR) is 75.6 cm³/mol. The third-order valence-corrected chi connectivity index (χ3v) is 3.35. The van der Waals surface area contributed by atoms with E-state index in [1.165, 1.54) is 18.2 Å². The Morgan fingerprint density at radius 2 is 2.16 bits per heavy atom. The molecular weight excluding hydrogens is 240 g/mol. The van der Waals surface area contributed by atoms with Gasteiger partial charge in [0, 0.05) is 6.54 Å². The molecule has 0 aliphatic carbocycles. The Bertz CT molecular complexity index is 466. The lowest BCUT2D eigenvalue weighted by Gasteiger charge is -2.15. The molecule has 0 unspecified atom stereocenters. The molecule has 1 aromatic carbocycles. The van der Waals surface area contributed by atoms with Crippen LogP contribution in [0.5, 0.6) is 0 Å². The van der Waals surface area contributed by atoms with Gasteiger partial charge in [-0.2, -0.15) is 0 Å². The van der Waals surface area contributed by atoms with Gasteiger partial charge in [0.25, 0.3) is 0 Å². The number of carbonyl (C=O) groups is 1. The molecule has 0 fully saturated rings. The number of methoxy groups -OCH3 is 1. The first-order valence-corrected chi connectivity index (χ1v) is 6.53. The number of ether oxygens (including phenoxy) is 1. The Morgan fingerprint density at radius 1 is 1.42 bits per heavy atom. The van der Waals surface area contributed by atoms with E-state index in [0.29, 0.717) is 6.42 Å². The SMILES string of the molecule is COC(=O)[C@@H](N)Cc1ccc(C2=CCNCC2)cc1. The minimum absolute atomic E-state index is 0.370. The van der Waals surface area contributed by atoms with Crippen molar-refractivity contribution in [2.75, 3.05) is 20.2 Å². The fraction of sp³-hybridized carbons (Fsp3) is 0.400. The zero-order valence-corrected chi connectivity index (χ0v) is 11.2. The van der Waals surface area contributed by atoms with Gasteiger partial charge in [-0.3, -0.25) is 4.79 Å². The Hall–Kier alpha value is -1.65. The zero-order chi connectivity index (χ0) is 13.7. The maximum atomic E-state index is 11.3. The Morgan fingerprint density at radius 3 is 2.74 bits per heavy atom. The van der Waals surface area contributed by atoms with Crippen LogP contribution in [0.2, 0.25) is 0 Å². The van der Waals surface area contributed by atoms with Crippen molar-refractivity contribution in [2.24, 2.45) is 5.73 Å². The highest BCUT2D eigenvalue weighted by atomic mass is 16.5. The third kappa shape index (κ3) is 3.66. The lowest BCUT2D eigenvalue weighted by molar-refractivity contribution is -0.142.